The summed E-state index contributed by atoms with van der Waals surface area (Å²) < 4.78 is 34.7. The molecule has 1 aliphatic heterocycles. The summed E-state index contributed by atoms with van der Waals surface area (Å²) in [6, 6.07) is 4.75. The van der Waals surface area contributed by atoms with Crippen molar-refractivity contribution in [1.82, 2.24) is 9.88 Å². The number of allylic oxidation sites excluding steroid dienone is 3. The van der Waals surface area contributed by atoms with Gasteiger partial charge < -0.3 is 4.74 Å². The predicted molar refractivity (Wildman–Crippen MR) is 118 cm³/mol. The average molecular weight is 440 g/mol. The van der Waals surface area contributed by atoms with Crippen LogP contribution in [0, 0.1) is 5.82 Å². The van der Waals surface area contributed by atoms with Crippen LogP contribution in [0.1, 0.15) is 60.6 Å². The zero-order valence-corrected chi connectivity index (χ0v) is 18.5. The summed E-state index contributed by atoms with van der Waals surface area (Å²) in [5.41, 5.74) is 2.31. The van der Waals surface area contributed by atoms with E-state index in [9.17, 15) is 18.4 Å². The lowest BCUT2D eigenvalue weighted by Gasteiger charge is -2.38. The van der Waals surface area contributed by atoms with Crippen LogP contribution >= 0.6 is 0 Å². The summed E-state index contributed by atoms with van der Waals surface area (Å²) in [5, 5.41) is 3.36. The Hall–Kier alpha value is -3.06. The summed E-state index contributed by atoms with van der Waals surface area (Å²) in [7, 11) is 0. The van der Waals surface area contributed by atoms with E-state index in [-0.39, 0.29) is 18.3 Å². The van der Waals surface area contributed by atoms with Crippen molar-refractivity contribution in [3.8, 4) is 0 Å². The Morgan fingerprint density at radius 1 is 1.16 bits per heavy atom. The van der Waals surface area contributed by atoms with Gasteiger partial charge in [-0.05, 0) is 64.1 Å². The number of halogens is 2. The van der Waals surface area contributed by atoms with E-state index in [4.69, 9.17) is 4.74 Å². The molecule has 1 atom stereocenters. The van der Waals surface area contributed by atoms with E-state index in [0.717, 1.165) is 5.56 Å². The number of nitrogens with zero attached hydrogens (tertiary/aromatic N) is 1. The number of ether oxygens (including phenoxy) is 1. The van der Waals surface area contributed by atoms with E-state index in [1.807, 2.05) is 13.8 Å². The summed E-state index contributed by atoms with van der Waals surface area (Å²) in [5.74, 6) is -1.02. The number of hydrogen-bond acceptors (Lipinski definition) is 4. The highest BCUT2D eigenvalue weighted by Gasteiger charge is 2.42. The molecule has 0 saturated heterocycles. The molecule has 1 aromatic heterocycles. The molecular weight excluding hydrogens is 414 g/mol. The minimum absolute atomic E-state index is 0.203. The summed E-state index contributed by atoms with van der Waals surface area (Å²) in [6.45, 7) is 7.33. The minimum Gasteiger partial charge on any atom is -0.446 e. The Morgan fingerprint density at radius 2 is 1.84 bits per heavy atom. The van der Waals surface area contributed by atoms with E-state index in [2.05, 4.69) is 5.32 Å². The van der Waals surface area contributed by atoms with Gasteiger partial charge in [-0.1, -0.05) is 6.08 Å². The fourth-order valence-electron chi connectivity index (χ4n) is 4.61. The molecule has 0 radical (unpaired) electrons. The lowest BCUT2D eigenvalue weighted by atomic mass is 9.82. The molecule has 1 N–H and O–H groups in total. The zero-order valence-electron chi connectivity index (χ0n) is 18.5. The number of ketones is 1. The van der Waals surface area contributed by atoms with Crippen LogP contribution in [0.15, 0.2) is 42.2 Å². The number of nitrogens with one attached hydrogen (secondary N) is 1. The SMILES string of the molecule is CC(C)OC(=O)n1c2c(c3c1CC(C(=O)c1ccc(F)cc1)NC3(C)C)C=C(F)C=CC2. The normalized spacial score (nSPS) is 19.1. The Kier molecular flexibility index (Phi) is 5.63. The Morgan fingerprint density at radius 3 is 2.50 bits per heavy atom. The van der Waals surface area contributed by atoms with Gasteiger partial charge in [0.25, 0.3) is 0 Å². The quantitative estimate of drug-likeness (QED) is 0.677. The second-order valence-electron chi connectivity index (χ2n) is 8.98. The molecule has 168 valence electrons. The van der Waals surface area contributed by atoms with Crippen molar-refractivity contribution in [2.24, 2.45) is 0 Å². The van der Waals surface area contributed by atoms with Crippen molar-refractivity contribution in [2.75, 3.05) is 0 Å². The molecule has 2 heterocycles. The number of Topliss-reactive ketones (excluding diaryl/α,β-unsaturated/α-hetero) is 1. The van der Waals surface area contributed by atoms with E-state index < -0.39 is 29.3 Å². The molecule has 0 spiro atoms. The highest BCUT2D eigenvalue weighted by molar-refractivity contribution is 6.00. The second-order valence-corrected chi connectivity index (χ2v) is 8.98. The van der Waals surface area contributed by atoms with E-state index in [0.29, 0.717) is 28.9 Å². The largest absolute Gasteiger partial charge is 0.446 e. The van der Waals surface area contributed by atoms with Crippen molar-refractivity contribution >= 4 is 18.0 Å². The maximum atomic E-state index is 14.4. The van der Waals surface area contributed by atoms with Crippen LogP contribution in [0.2, 0.25) is 0 Å². The van der Waals surface area contributed by atoms with Gasteiger partial charge in [0, 0.05) is 46.5 Å². The molecule has 7 heteroatoms. The highest BCUT2D eigenvalue weighted by atomic mass is 19.1. The van der Waals surface area contributed by atoms with Crippen molar-refractivity contribution in [3.05, 3.63) is 76.1 Å². The van der Waals surface area contributed by atoms with Gasteiger partial charge in [-0.2, -0.15) is 0 Å². The molecule has 32 heavy (non-hydrogen) atoms. The third-order valence-electron chi connectivity index (χ3n) is 5.80. The fraction of sp³-hybridized carbons (Fsp3) is 0.360. The van der Waals surface area contributed by atoms with Crippen molar-refractivity contribution in [2.45, 2.75) is 58.2 Å². The van der Waals surface area contributed by atoms with E-state index in [1.165, 1.54) is 41.0 Å². The first-order chi connectivity index (χ1) is 15.1. The standard InChI is InChI=1S/C25H26F2N2O3/c1-14(2)32-24(31)29-20-7-5-6-17(27)12-18(20)22-21(29)13-19(28-25(22,3)4)23(30)15-8-10-16(26)11-9-15/h5-6,8-12,14,19,28H,7,13H2,1-4H3. The fourth-order valence-corrected chi connectivity index (χ4v) is 4.61. The number of aromatic nitrogens is 1. The van der Waals surface area contributed by atoms with Crippen LogP contribution in [0.4, 0.5) is 13.6 Å². The molecule has 1 unspecified atom stereocenters. The van der Waals surface area contributed by atoms with E-state index in [1.54, 1.807) is 19.9 Å². The number of hydrogen-bond donors (Lipinski definition) is 1. The van der Waals surface area contributed by atoms with Crippen LogP contribution in [-0.2, 0) is 23.1 Å². The van der Waals surface area contributed by atoms with Gasteiger partial charge in [0.2, 0.25) is 0 Å². The zero-order chi connectivity index (χ0) is 23.2. The van der Waals surface area contributed by atoms with E-state index >= 15 is 0 Å². The highest BCUT2D eigenvalue weighted by Crippen LogP contribution is 2.40. The molecule has 0 fully saturated rings. The van der Waals surface area contributed by atoms with Crippen molar-refractivity contribution in [3.63, 3.8) is 0 Å². The molecule has 0 saturated carbocycles. The number of carbonyl (C=O) groups excluding carboxylic acids is 2. The summed E-state index contributed by atoms with van der Waals surface area (Å²) in [6.07, 6.45) is 4.17. The van der Waals surface area contributed by atoms with Gasteiger partial charge in [0.05, 0.1) is 12.1 Å². The summed E-state index contributed by atoms with van der Waals surface area (Å²) in [4.78, 5) is 26.3. The molecule has 0 amide bonds. The van der Waals surface area contributed by atoms with Crippen LogP contribution in [-0.4, -0.2) is 28.6 Å². The van der Waals surface area contributed by atoms with Gasteiger partial charge in [-0.3, -0.25) is 14.7 Å². The molecule has 2 aromatic rings. The number of fused-ring (bicyclic) bond motifs is 3. The number of benzene rings is 1. The van der Waals surface area contributed by atoms with Crippen LogP contribution in [0.5, 0.6) is 0 Å². The Balaban J connectivity index is 1.85. The summed E-state index contributed by atoms with van der Waals surface area (Å²) >= 11 is 0. The van der Waals surface area contributed by atoms with Gasteiger partial charge in [0.1, 0.15) is 11.6 Å². The topological polar surface area (TPSA) is 60.3 Å². The monoisotopic (exact) mass is 440 g/mol. The number of rotatable bonds is 3. The molecule has 2 aliphatic rings. The van der Waals surface area contributed by atoms with Gasteiger partial charge in [0.15, 0.2) is 5.78 Å². The van der Waals surface area contributed by atoms with Gasteiger partial charge in [-0.25, -0.2) is 13.6 Å². The third kappa shape index (κ3) is 3.93. The first kappa shape index (κ1) is 22.1. The van der Waals surface area contributed by atoms with Crippen molar-refractivity contribution < 1.29 is 23.1 Å². The first-order valence-electron chi connectivity index (χ1n) is 10.7. The first-order valence-corrected chi connectivity index (χ1v) is 10.7. The Labute approximate surface area is 185 Å². The maximum Gasteiger partial charge on any atom is 0.418 e. The van der Waals surface area contributed by atoms with Crippen LogP contribution in [0.3, 0.4) is 0 Å². The molecular formula is C25H26F2N2O3. The van der Waals surface area contributed by atoms with Crippen LogP contribution in [0.25, 0.3) is 6.08 Å². The third-order valence-corrected chi connectivity index (χ3v) is 5.80. The molecule has 5 nitrogen and oxygen atoms in total. The molecule has 1 aromatic carbocycles. The second kappa shape index (κ2) is 8.13. The molecule has 0 bridgehead atoms. The van der Waals surface area contributed by atoms with Crippen molar-refractivity contribution in [1.29, 1.82) is 0 Å². The van der Waals surface area contributed by atoms with Gasteiger partial charge in [-0.15, -0.1) is 0 Å². The maximum absolute atomic E-state index is 14.4. The number of carbonyl (C=O) groups is 2. The minimum atomic E-state index is -0.734. The van der Waals surface area contributed by atoms with Gasteiger partial charge >= 0.3 is 6.09 Å². The molecule has 1 aliphatic carbocycles. The molecule has 4 rings (SSSR count). The lowest BCUT2D eigenvalue weighted by molar-refractivity contribution is 0.0907. The smallest absolute Gasteiger partial charge is 0.418 e. The van der Waals surface area contributed by atoms with Crippen LogP contribution < -0.4 is 5.32 Å². The Bertz CT molecular complexity index is 1140. The lowest BCUT2D eigenvalue weighted by Crippen LogP contribution is -2.53. The predicted octanol–water partition coefficient (Wildman–Crippen LogP) is 5.08. The average Bonchev–Trinajstić information content (AvgIpc) is 2.89.